The molecule has 0 aliphatic carbocycles. The first-order valence-corrected chi connectivity index (χ1v) is 8.37. The van der Waals surface area contributed by atoms with Crippen molar-refractivity contribution in [2.24, 2.45) is 0 Å². The van der Waals surface area contributed by atoms with E-state index in [0.717, 1.165) is 38.8 Å². The third-order valence-electron chi connectivity index (χ3n) is 4.42. The zero-order valence-electron chi connectivity index (χ0n) is 14.1. The monoisotopic (exact) mass is 354 g/mol. The molecule has 7 heteroatoms. The van der Waals surface area contributed by atoms with E-state index in [1.165, 1.54) is 0 Å². The molecule has 0 aliphatic rings. The molecule has 130 valence electrons. The van der Waals surface area contributed by atoms with E-state index in [1.54, 1.807) is 0 Å². The van der Waals surface area contributed by atoms with Crippen LogP contribution in [0.4, 0.5) is 5.69 Å². The maximum absolute atomic E-state index is 5.92. The highest BCUT2D eigenvalue weighted by atomic mass is 16.5. The average molecular weight is 354 g/mol. The number of anilines is 1. The molecule has 3 N–H and O–H groups in total. The SMILES string of the molecule is Nc1cccc(-c2cccc(-c3onc4ccc(-c5nn[nH]n5)cc34)c2)c1. The van der Waals surface area contributed by atoms with E-state index in [2.05, 4.69) is 31.8 Å². The maximum atomic E-state index is 5.92. The number of benzene rings is 3. The van der Waals surface area contributed by atoms with Crippen LogP contribution in [0.3, 0.4) is 0 Å². The van der Waals surface area contributed by atoms with Crippen molar-refractivity contribution < 1.29 is 4.52 Å². The molecule has 27 heavy (non-hydrogen) atoms. The summed E-state index contributed by atoms with van der Waals surface area (Å²) in [6, 6.07) is 21.6. The molecule has 0 fully saturated rings. The van der Waals surface area contributed by atoms with Crippen molar-refractivity contribution in [2.75, 3.05) is 5.73 Å². The normalized spacial score (nSPS) is 11.1. The van der Waals surface area contributed by atoms with Crippen molar-refractivity contribution in [2.45, 2.75) is 0 Å². The molecule has 5 rings (SSSR count). The van der Waals surface area contributed by atoms with Gasteiger partial charge in [0.15, 0.2) is 5.76 Å². The lowest BCUT2D eigenvalue weighted by Gasteiger charge is -2.05. The van der Waals surface area contributed by atoms with Crippen LogP contribution < -0.4 is 5.73 Å². The summed E-state index contributed by atoms with van der Waals surface area (Å²) in [6.45, 7) is 0. The number of nitrogens with one attached hydrogen (secondary N) is 1. The summed E-state index contributed by atoms with van der Waals surface area (Å²) < 4.78 is 5.65. The third-order valence-corrected chi connectivity index (χ3v) is 4.42. The van der Waals surface area contributed by atoms with Crippen molar-refractivity contribution in [1.29, 1.82) is 0 Å². The van der Waals surface area contributed by atoms with Gasteiger partial charge in [0.05, 0.1) is 5.39 Å². The number of nitrogens with two attached hydrogens (primary N) is 1. The molecule has 2 heterocycles. The molecule has 0 atom stereocenters. The largest absolute Gasteiger partial charge is 0.399 e. The molecule has 0 aliphatic heterocycles. The zero-order chi connectivity index (χ0) is 18.2. The molecule has 0 radical (unpaired) electrons. The highest BCUT2D eigenvalue weighted by Crippen LogP contribution is 2.33. The highest BCUT2D eigenvalue weighted by Gasteiger charge is 2.14. The van der Waals surface area contributed by atoms with Gasteiger partial charge in [0.1, 0.15) is 5.52 Å². The summed E-state index contributed by atoms with van der Waals surface area (Å²) in [5, 5.41) is 19.2. The number of aromatic amines is 1. The van der Waals surface area contributed by atoms with Crippen LogP contribution in [0.15, 0.2) is 71.3 Å². The van der Waals surface area contributed by atoms with Crippen LogP contribution >= 0.6 is 0 Å². The van der Waals surface area contributed by atoms with E-state index in [1.807, 2.05) is 60.7 Å². The summed E-state index contributed by atoms with van der Waals surface area (Å²) in [4.78, 5) is 0. The minimum absolute atomic E-state index is 0.526. The molecule has 5 aromatic rings. The topological polar surface area (TPSA) is 107 Å². The molecule has 0 bridgehead atoms. The number of nitrogens with zero attached hydrogens (tertiary/aromatic N) is 4. The van der Waals surface area contributed by atoms with Crippen molar-refractivity contribution >= 4 is 16.6 Å². The van der Waals surface area contributed by atoms with Crippen LogP contribution in [0.25, 0.3) is 44.7 Å². The van der Waals surface area contributed by atoms with Gasteiger partial charge in [0.2, 0.25) is 5.82 Å². The van der Waals surface area contributed by atoms with Crippen LogP contribution in [0.2, 0.25) is 0 Å². The van der Waals surface area contributed by atoms with Gasteiger partial charge in [-0.3, -0.25) is 0 Å². The van der Waals surface area contributed by atoms with E-state index in [0.29, 0.717) is 11.6 Å². The van der Waals surface area contributed by atoms with E-state index < -0.39 is 0 Å². The fraction of sp³-hybridized carbons (Fsp3) is 0. The summed E-state index contributed by atoms with van der Waals surface area (Å²) in [5.41, 5.74) is 11.3. The Morgan fingerprint density at radius 1 is 0.815 bits per heavy atom. The Morgan fingerprint density at radius 3 is 2.44 bits per heavy atom. The Morgan fingerprint density at radius 2 is 1.63 bits per heavy atom. The lowest BCUT2D eigenvalue weighted by atomic mass is 10.00. The summed E-state index contributed by atoms with van der Waals surface area (Å²) in [7, 11) is 0. The molecule has 0 saturated heterocycles. The van der Waals surface area contributed by atoms with E-state index in [4.69, 9.17) is 10.3 Å². The number of hydrogen-bond donors (Lipinski definition) is 2. The smallest absolute Gasteiger partial charge is 0.204 e. The standard InChI is InChI=1S/C20H14N6O/c21-16-6-2-4-13(10-16)12-3-1-5-14(9-12)19-17-11-15(20-22-25-26-23-20)7-8-18(17)24-27-19/h1-11H,21H2,(H,22,23,25,26). The second kappa shape index (κ2) is 6.06. The molecule has 3 aromatic carbocycles. The molecule has 2 aromatic heterocycles. The maximum Gasteiger partial charge on any atom is 0.204 e. The van der Waals surface area contributed by atoms with E-state index in [9.17, 15) is 0 Å². The molecule has 0 amide bonds. The second-order valence-electron chi connectivity index (χ2n) is 6.19. The number of aromatic nitrogens is 5. The minimum atomic E-state index is 0.526. The first-order valence-electron chi connectivity index (χ1n) is 8.37. The van der Waals surface area contributed by atoms with Gasteiger partial charge in [-0.2, -0.15) is 5.21 Å². The first-order chi connectivity index (χ1) is 13.3. The lowest BCUT2D eigenvalue weighted by molar-refractivity contribution is 0.441. The van der Waals surface area contributed by atoms with Crippen molar-refractivity contribution in [3.8, 4) is 33.8 Å². The zero-order valence-corrected chi connectivity index (χ0v) is 14.1. The number of fused-ring (bicyclic) bond motifs is 1. The second-order valence-corrected chi connectivity index (χ2v) is 6.19. The van der Waals surface area contributed by atoms with Gasteiger partial charge in [-0.05, 0) is 52.7 Å². The Bertz CT molecular complexity index is 1240. The van der Waals surface area contributed by atoms with E-state index in [-0.39, 0.29) is 0 Å². The Hall–Kier alpha value is -4.00. The van der Waals surface area contributed by atoms with Crippen LogP contribution in [0.1, 0.15) is 0 Å². The van der Waals surface area contributed by atoms with Gasteiger partial charge >= 0.3 is 0 Å². The fourth-order valence-corrected chi connectivity index (χ4v) is 3.13. The van der Waals surface area contributed by atoms with Crippen molar-refractivity contribution in [3.63, 3.8) is 0 Å². The average Bonchev–Trinajstić information content (AvgIpc) is 3.37. The molecular formula is C20H14N6O. The predicted molar refractivity (Wildman–Crippen MR) is 102 cm³/mol. The Labute approximate surface area is 153 Å². The predicted octanol–water partition coefficient (Wildman–Crippen LogP) is 3.92. The van der Waals surface area contributed by atoms with Crippen molar-refractivity contribution in [3.05, 3.63) is 66.7 Å². The van der Waals surface area contributed by atoms with Gasteiger partial charge < -0.3 is 10.3 Å². The molecule has 0 spiro atoms. The van der Waals surface area contributed by atoms with Crippen LogP contribution in [0, 0.1) is 0 Å². The molecule has 0 unspecified atom stereocenters. The van der Waals surface area contributed by atoms with Gasteiger partial charge in [0, 0.05) is 16.8 Å². The highest BCUT2D eigenvalue weighted by molar-refractivity contribution is 5.94. The van der Waals surface area contributed by atoms with Gasteiger partial charge in [0.25, 0.3) is 0 Å². The van der Waals surface area contributed by atoms with E-state index >= 15 is 0 Å². The van der Waals surface area contributed by atoms with Crippen molar-refractivity contribution in [1.82, 2.24) is 25.8 Å². The fourth-order valence-electron chi connectivity index (χ4n) is 3.13. The van der Waals surface area contributed by atoms with Gasteiger partial charge in [-0.15, -0.1) is 10.2 Å². The lowest BCUT2D eigenvalue weighted by Crippen LogP contribution is -1.86. The third kappa shape index (κ3) is 2.71. The Balaban J connectivity index is 1.63. The van der Waals surface area contributed by atoms with Gasteiger partial charge in [-0.25, -0.2) is 0 Å². The van der Waals surface area contributed by atoms with Gasteiger partial charge in [-0.1, -0.05) is 35.5 Å². The molecule has 7 nitrogen and oxygen atoms in total. The summed E-state index contributed by atoms with van der Waals surface area (Å²) in [6.07, 6.45) is 0. The quantitative estimate of drug-likeness (QED) is 0.476. The van der Waals surface area contributed by atoms with Crippen LogP contribution in [0.5, 0.6) is 0 Å². The number of hydrogen-bond acceptors (Lipinski definition) is 6. The number of H-pyrrole nitrogens is 1. The number of nitrogen functional groups attached to an aromatic ring is 1. The minimum Gasteiger partial charge on any atom is -0.399 e. The summed E-state index contributed by atoms with van der Waals surface area (Å²) >= 11 is 0. The van der Waals surface area contributed by atoms with Crippen LogP contribution in [-0.2, 0) is 0 Å². The Kier molecular flexibility index (Phi) is 3.43. The molecular weight excluding hydrogens is 340 g/mol. The number of tetrazole rings is 1. The van der Waals surface area contributed by atoms with Crippen LogP contribution in [-0.4, -0.2) is 25.8 Å². The first kappa shape index (κ1) is 15.3. The number of rotatable bonds is 3. The summed E-state index contributed by atoms with van der Waals surface area (Å²) in [5.74, 6) is 1.22. The molecule has 0 saturated carbocycles.